The van der Waals surface area contributed by atoms with E-state index in [1.165, 1.54) is 36.9 Å². The number of imide groups is 1. The molecule has 2 aromatic carbocycles. The lowest BCUT2D eigenvalue weighted by atomic mass is 10.3. The molecule has 25 heavy (non-hydrogen) atoms. The maximum atomic E-state index is 13.4. The van der Waals surface area contributed by atoms with Crippen LogP contribution in [0.1, 0.15) is 6.92 Å². The number of para-hydroxylation sites is 1. The Morgan fingerprint density at radius 3 is 2.32 bits per heavy atom. The number of nitrogens with one attached hydrogen (secondary N) is 3. The van der Waals surface area contributed by atoms with Gasteiger partial charge >= 0.3 is 6.03 Å². The summed E-state index contributed by atoms with van der Waals surface area (Å²) < 4.78 is 13.4. The van der Waals surface area contributed by atoms with E-state index in [4.69, 9.17) is 0 Å². The molecular formula is C17H16FN3O3S. The summed E-state index contributed by atoms with van der Waals surface area (Å²) in [6.45, 7) is 1.42. The molecule has 0 fully saturated rings. The Balaban J connectivity index is 1.79. The average molecular weight is 361 g/mol. The Bertz CT molecular complexity index is 781. The largest absolute Gasteiger partial charge is 0.326 e. The highest BCUT2D eigenvalue weighted by molar-refractivity contribution is 8.00. The summed E-state index contributed by atoms with van der Waals surface area (Å²) in [5.74, 6) is -1.24. The van der Waals surface area contributed by atoms with Gasteiger partial charge in [-0.05, 0) is 36.4 Å². The van der Waals surface area contributed by atoms with Gasteiger partial charge in [0.25, 0.3) is 0 Å². The van der Waals surface area contributed by atoms with Crippen molar-refractivity contribution in [2.75, 3.05) is 16.4 Å². The van der Waals surface area contributed by atoms with Gasteiger partial charge in [-0.2, -0.15) is 0 Å². The molecule has 0 saturated carbocycles. The predicted octanol–water partition coefficient (Wildman–Crippen LogP) is 3.22. The molecule has 0 aromatic heterocycles. The number of thioether (sulfide) groups is 1. The minimum Gasteiger partial charge on any atom is -0.326 e. The van der Waals surface area contributed by atoms with E-state index in [1.807, 2.05) is 0 Å². The summed E-state index contributed by atoms with van der Waals surface area (Å²) in [6, 6.07) is 11.8. The molecule has 2 aromatic rings. The fourth-order valence-electron chi connectivity index (χ4n) is 1.87. The number of hydrogen-bond donors (Lipinski definition) is 3. The first-order valence-electron chi connectivity index (χ1n) is 7.30. The fourth-order valence-corrected chi connectivity index (χ4v) is 2.56. The Labute approximate surface area is 148 Å². The molecular weight excluding hydrogens is 345 g/mol. The van der Waals surface area contributed by atoms with E-state index in [0.29, 0.717) is 5.69 Å². The third-order valence-electron chi connectivity index (χ3n) is 2.92. The SMILES string of the molecule is CC(=O)Nc1ccc(SCC(=O)NC(=O)Nc2ccccc2F)cc1. The van der Waals surface area contributed by atoms with Crippen molar-refractivity contribution in [3.05, 3.63) is 54.3 Å². The number of benzene rings is 2. The van der Waals surface area contributed by atoms with E-state index in [2.05, 4.69) is 16.0 Å². The molecule has 0 radical (unpaired) electrons. The van der Waals surface area contributed by atoms with Crippen LogP contribution in [0.5, 0.6) is 0 Å². The number of carbonyl (C=O) groups is 3. The number of rotatable bonds is 5. The van der Waals surface area contributed by atoms with Gasteiger partial charge in [0.05, 0.1) is 11.4 Å². The first-order chi connectivity index (χ1) is 11.9. The van der Waals surface area contributed by atoms with Gasteiger partial charge in [0.2, 0.25) is 11.8 Å². The van der Waals surface area contributed by atoms with Crippen LogP contribution >= 0.6 is 11.8 Å². The molecule has 0 aliphatic rings. The van der Waals surface area contributed by atoms with Crippen molar-refractivity contribution in [1.82, 2.24) is 5.32 Å². The first-order valence-corrected chi connectivity index (χ1v) is 8.28. The highest BCUT2D eigenvalue weighted by Gasteiger charge is 2.10. The lowest BCUT2D eigenvalue weighted by Crippen LogP contribution is -2.35. The van der Waals surface area contributed by atoms with Crippen LogP contribution in [0.2, 0.25) is 0 Å². The van der Waals surface area contributed by atoms with Crippen molar-refractivity contribution in [3.8, 4) is 0 Å². The van der Waals surface area contributed by atoms with Gasteiger partial charge < -0.3 is 10.6 Å². The molecule has 0 unspecified atom stereocenters. The highest BCUT2D eigenvalue weighted by atomic mass is 32.2. The highest BCUT2D eigenvalue weighted by Crippen LogP contribution is 2.20. The fraction of sp³-hybridized carbons (Fsp3) is 0.118. The van der Waals surface area contributed by atoms with E-state index < -0.39 is 17.8 Å². The van der Waals surface area contributed by atoms with Crippen LogP contribution in [0, 0.1) is 5.82 Å². The van der Waals surface area contributed by atoms with Crippen molar-refractivity contribution < 1.29 is 18.8 Å². The van der Waals surface area contributed by atoms with Crippen molar-refractivity contribution in [3.63, 3.8) is 0 Å². The summed E-state index contributed by atoms with van der Waals surface area (Å²) in [7, 11) is 0. The topological polar surface area (TPSA) is 87.3 Å². The van der Waals surface area contributed by atoms with Gasteiger partial charge in [0, 0.05) is 17.5 Å². The molecule has 130 valence electrons. The molecule has 0 bridgehead atoms. The quantitative estimate of drug-likeness (QED) is 0.714. The van der Waals surface area contributed by atoms with Crippen LogP contribution in [0.4, 0.5) is 20.6 Å². The molecule has 0 aliphatic heterocycles. The maximum absolute atomic E-state index is 13.4. The number of anilines is 2. The first kappa shape index (κ1) is 18.5. The standard InChI is InChI=1S/C17H16FN3O3S/c1-11(22)19-12-6-8-13(9-7-12)25-10-16(23)21-17(24)20-15-5-3-2-4-14(15)18/h2-9H,10H2,1H3,(H,19,22)(H2,20,21,23,24). The summed E-state index contributed by atoms with van der Waals surface area (Å²) in [6.07, 6.45) is 0. The number of carbonyl (C=O) groups excluding carboxylic acids is 3. The third kappa shape index (κ3) is 6.27. The van der Waals surface area contributed by atoms with Crippen molar-refractivity contribution in [1.29, 1.82) is 0 Å². The van der Waals surface area contributed by atoms with Crippen LogP contribution in [0.25, 0.3) is 0 Å². The minimum absolute atomic E-state index is 0.00554. The van der Waals surface area contributed by atoms with Gasteiger partial charge in [0.1, 0.15) is 5.82 Å². The van der Waals surface area contributed by atoms with Gasteiger partial charge in [-0.15, -0.1) is 11.8 Å². The molecule has 0 saturated heterocycles. The smallest absolute Gasteiger partial charge is 0.325 e. The zero-order chi connectivity index (χ0) is 18.2. The molecule has 4 amide bonds. The summed E-state index contributed by atoms with van der Waals surface area (Å²) in [4.78, 5) is 35.2. The molecule has 0 aliphatic carbocycles. The molecule has 2 rings (SSSR count). The lowest BCUT2D eigenvalue weighted by Gasteiger charge is -2.08. The lowest BCUT2D eigenvalue weighted by molar-refractivity contribution is -0.117. The normalized spacial score (nSPS) is 10.0. The monoisotopic (exact) mass is 361 g/mol. The van der Waals surface area contributed by atoms with Crippen molar-refractivity contribution in [2.24, 2.45) is 0 Å². The molecule has 6 nitrogen and oxygen atoms in total. The van der Waals surface area contributed by atoms with Gasteiger partial charge in [-0.1, -0.05) is 12.1 Å². The third-order valence-corrected chi connectivity index (χ3v) is 3.93. The number of halogens is 1. The second kappa shape index (κ2) is 8.84. The summed E-state index contributed by atoms with van der Waals surface area (Å²) >= 11 is 1.23. The van der Waals surface area contributed by atoms with Crippen LogP contribution in [-0.2, 0) is 9.59 Å². The number of hydrogen-bond acceptors (Lipinski definition) is 4. The molecule has 0 atom stereocenters. The Morgan fingerprint density at radius 1 is 1.00 bits per heavy atom. The number of urea groups is 1. The van der Waals surface area contributed by atoms with Crippen LogP contribution in [-0.4, -0.2) is 23.6 Å². The van der Waals surface area contributed by atoms with E-state index in [1.54, 1.807) is 30.3 Å². The maximum Gasteiger partial charge on any atom is 0.325 e. The zero-order valence-electron chi connectivity index (χ0n) is 13.3. The Morgan fingerprint density at radius 2 is 1.68 bits per heavy atom. The van der Waals surface area contributed by atoms with E-state index in [-0.39, 0.29) is 17.3 Å². The summed E-state index contributed by atoms with van der Waals surface area (Å²) in [5, 5.41) is 7.04. The molecule has 0 heterocycles. The zero-order valence-corrected chi connectivity index (χ0v) is 14.2. The number of amides is 4. The van der Waals surface area contributed by atoms with E-state index in [0.717, 1.165) is 4.90 Å². The average Bonchev–Trinajstić information content (AvgIpc) is 2.56. The summed E-state index contributed by atoms with van der Waals surface area (Å²) in [5.41, 5.74) is 0.652. The Hall–Kier alpha value is -2.87. The van der Waals surface area contributed by atoms with Crippen LogP contribution < -0.4 is 16.0 Å². The van der Waals surface area contributed by atoms with Crippen LogP contribution in [0.3, 0.4) is 0 Å². The minimum atomic E-state index is -0.795. The molecule has 8 heteroatoms. The van der Waals surface area contributed by atoms with Crippen LogP contribution in [0.15, 0.2) is 53.4 Å². The van der Waals surface area contributed by atoms with E-state index >= 15 is 0 Å². The molecule has 3 N–H and O–H groups in total. The van der Waals surface area contributed by atoms with Gasteiger partial charge in [0.15, 0.2) is 0 Å². The second-order valence-corrected chi connectivity index (χ2v) is 6.03. The second-order valence-electron chi connectivity index (χ2n) is 4.98. The van der Waals surface area contributed by atoms with Gasteiger partial charge in [-0.25, -0.2) is 9.18 Å². The predicted molar refractivity (Wildman–Crippen MR) is 95.0 cm³/mol. The molecule has 0 spiro atoms. The van der Waals surface area contributed by atoms with Crippen molar-refractivity contribution in [2.45, 2.75) is 11.8 Å². The van der Waals surface area contributed by atoms with Gasteiger partial charge in [-0.3, -0.25) is 14.9 Å². The Kier molecular flexibility index (Phi) is 6.53. The van der Waals surface area contributed by atoms with E-state index in [9.17, 15) is 18.8 Å². The van der Waals surface area contributed by atoms with Crippen molar-refractivity contribution >= 4 is 41.0 Å².